The van der Waals surface area contributed by atoms with Crippen molar-refractivity contribution in [2.24, 2.45) is 0 Å². The van der Waals surface area contributed by atoms with Crippen molar-refractivity contribution in [3.63, 3.8) is 0 Å². The highest BCUT2D eigenvalue weighted by molar-refractivity contribution is 7.09. The second kappa shape index (κ2) is 11.1. The number of ether oxygens (including phenoxy) is 2. The molecule has 2 aromatic carbocycles. The topological polar surface area (TPSA) is 97.1 Å². The maximum Gasteiger partial charge on any atom is 0.248 e. The van der Waals surface area contributed by atoms with Crippen LogP contribution in [0.3, 0.4) is 0 Å². The summed E-state index contributed by atoms with van der Waals surface area (Å²) >= 11 is 1.58. The highest BCUT2D eigenvalue weighted by Crippen LogP contribution is 2.27. The van der Waals surface area contributed by atoms with Crippen LogP contribution in [0, 0.1) is 25.2 Å². The molecule has 8 heteroatoms. The first-order valence-electron chi connectivity index (χ1n) is 10.8. The van der Waals surface area contributed by atoms with Crippen molar-refractivity contribution in [1.82, 2.24) is 9.97 Å². The number of amides is 1. The second-order valence-corrected chi connectivity index (χ2v) is 8.62. The molecule has 0 unspecified atom stereocenters. The summed E-state index contributed by atoms with van der Waals surface area (Å²) in [4.78, 5) is 21.1. The first-order valence-corrected chi connectivity index (χ1v) is 11.7. The van der Waals surface area contributed by atoms with Gasteiger partial charge in [0.05, 0.1) is 10.7 Å². The first-order chi connectivity index (χ1) is 17.0. The molecule has 0 saturated carbocycles. The molecular formula is C27H22N4O3S. The number of aryl methyl sites for hydroxylation is 2. The van der Waals surface area contributed by atoms with Crippen molar-refractivity contribution < 1.29 is 14.3 Å². The SMILES string of the molecule is Cc1nc(COc2ccccc2/C=C/C(=O)Nc2ccc(Oc3ncccc3C#N)cc2C)cs1. The number of hydrogen-bond acceptors (Lipinski definition) is 7. The summed E-state index contributed by atoms with van der Waals surface area (Å²) < 4.78 is 11.6. The fourth-order valence-corrected chi connectivity index (χ4v) is 3.82. The van der Waals surface area contributed by atoms with Crippen molar-refractivity contribution in [2.75, 3.05) is 5.32 Å². The zero-order valence-electron chi connectivity index (χ0n) is 19.2. The number of rotatable bonds is 8. The van der Waals surface area contributed by atoms with E-state index in [1.807, 2.05) is 43.5 Å². The van der Waals surface area contributed by atoms with Gasteiger partial charge < -0.3 is 14.8 Å². The third kappa shape index (κ3) is 6.31. The summed E-state index contributed by atoms with van der Waals surface area (Å²) in [5, 5.41) is 15.0. The zero-order chi connectivity index (χ0) is 24.6. The summed E-state index contributed by atoms with van der Waals surface area (Å²) in [6.45, 7) is 4.18. The predicted octanol–water partition coefficient (Wildman–Crippen LogP) is 6.05. The third-order valence-electron chi connectivity index (χ3n) is 4.94. The van der Waals surface area contributed by atoms with Gasteiger partial charge in [-0.05, 0) is 61.9 Å². The van der Waals surface area contributed by atoms with Gasteiger partial charge in [0, 0.05) is 28.9 Å². The predicted molar refractivity (Wildman–Crippen MR) is 135 cm³/mol. The van der Waals surface area contributed by atoms with Gasteiger partial charge in [0.15, 0.2) is 0 Å². The third-order valence-corrected chi connectivity index (χ3v) is 5.76. The van der Waals surface area contributed by atoms with Crippen molar-refractivity contribution in [1.29, 1.82) is 5.26 Å². The minimum Gasteiger partial charge on any atom is -0.487 e. The van der Waals surface area contributed by atoms with Gasteiger partial charge in [-0.15, -0.1) is 11.3 Å². The Morgan fingerprint density at radius 3 is 2.80 bits per heavy atom. The number of pyridine rings is 1. The van der Waals surface area contributed by atoms with Crippen LogP contribution in [-0.2, 0) is 11.4 Å². The van der Waals surface area contributed by atoms with Crippen LogP contribution in [0.1, 0.15) is 27.4 Å². The van der Waals surface area contributed by atoms with Gasteiger partial charge in [0.1, 0.15) is 29.7 Å². The zero-order valence-corrected chi connectivity index (χ0v) is 20.0. The Balaban J connectivity index is 1.40. The number of aromatic nitrogens is 2. The number of anilines is 1. The quantitative estimate of drug-likeness (QED) is 0.307. The number of nitrogens with zero attached hydrogens (tertiary/aromatic N) is 3. The van der Waals surface area contributed by atoms with E-state index >= 15 is 0 Å². The van der Waals surface area contributed by atoms with E-state index in [4.69, 9.17) is 9.47 Å². The van der Waals surface area contributed by atoms with E-state index in [1.54, 1.807) is 53.9 Å². The van der Waals surface area contributed by atoms with Gasteiger partial charge in [0.25, 0.3) is 0 Å². The molecule has 0 bridgehead atoms. The first kappa shape index (κ1) is 23.7. The highest BCUT2D eigenvalue weighted by Gasteiger charge is 2.09. The van der Waals surface area contributed by atoms with E-state index in [0.29, 0.717) is 29.4 Å². The molecule has 174 valence electrons. The maximum absolute atomic E-state index is 12.6. The fraction of sp³-hybridized carbons (Fsp3) is 0.111. The largest absolute Gasteiger partial charge is 0.487 e. The number of hydrogen-bond donors (Lipinski definition) is 1. The van der Waals surface area contributed by atoms with Crippen LogP contribution in [0.2, 0.25) is 0 Å². The van der Waals surface area contributed by atoms with Crippen LogP contribution < -0.4 is 14.8 Å². The number of thiazole rings is 1. The summed E-state index contributed by atoms with van der Waals surface area (Å²) in [5.74, 6) is 1.15. The molecule has 1 N–H and O–H groups in total. The molecule has 0 atom stereocenters. The molecular weight excluding hydrogens is 460 g/mol. The van der Waals surface area contributed by atoms with E-state index < -0.39 is 0 Å². The Labute approximate surface area is 207 Å². The Bertz CT molecular complexity index is 1420. The Hall–Kier alpha value is -4.48. The van der Waals surface area contributed by atoms with E-state index in [-0.39, 0.29) is 11.8 Å². The smallest absolute Gasteiger partial charge is 0.248 e. The van der Waals surface area contributed by atoms with Crippen LogP contribution in [0.15, 0.2) is 72.3 Å². The number of para-hydroxylation sites is 1. The normalized spacial score (nSPS) is 10.7. The number of benzene rings is 2. The van der Waals surface area contributed by atoms with E-state index in [9.17, 15) is 10.1 Å². The molecule has 4 rings (SSSR count). The van der Waals surface area contributed by atoms with E-state index in [1.165, 1.54) is 6.08 Å². The minimum absolute atomic E-state index is 0.236. The molecule has 0 fully saturated rings. The molecule has 0 aliphatic rings. The molecule has 0 aliphatic carbocycles. The second-order valence-electron chi connectivity index (χ2n) is 7.55. The van der Waals surface area contributed by atoms with Crippen molar-refractivity contribution in [3.05, 3.63) is 99.6 Å². The number of carbonyl (C=O) groups is 1. The van der Waals surface area contributed by atoms with Crippen LogP contribution in [-0.4, -0.2) is 15.9 Å². The molecule has 35 heavy (non-hydrogen) atoms. The average Bonchev–Trinajstić information content (AvgIpc) is 3.29. The summed E-state index contributed by atoms with van der Waals surface area (Å²) in [6.07, 6.45) is 4.74. The molecule has 7 nitrogen and oxygen atoms in total. The summed E-state index contributed by atoms with van der Waals surface area (Å²) in [7, 11) is 0. The molecule has 0 saturated heterocycles. The molecule has 4 aromatic rings. The Morgan fingerprint density at radius 2 is 2.03 bits per heavy atom. The molecule has 2 aromatic heterocycles. The van der Waals surface area contributed by atoms with Gasteiger partial charge >= 0.3 is 0 Å². The van der Waals surface area contributed by atoms with Gasteiger partial charge in [0.2, 0.25) is 11.8 Å². The van der Waals surface area contributed by atoms with Gasteiger partial charge in [-0.25, -0.2) is 9.97 Å². The average molecular weight is 483 g/mol. The highest BCUT2D eigenvalue weighted by atomic mass is 32.1. The summed E-state index contributed by atoms with van der Waals surface area (Å²) in [6, 6.07) is 18.1. The van der Waals surface area contributed by atoms with E-state index in [0.717, 1.165) is 21.8 Å². The van der Waals surface area contributed by atoms with Crippen molar-refractivity contribution >= 4 is 29.0 Å². The fourth-order valence-electron chi connectivity index (χ4n) is 3.22. The maximum atomic E-state index is 12.6. The molecule has 1 amide bonds. The number of nitrogens with one attached hydrogen (secondary N) is 1. The molecule has 0 radical (unpaired) electrons. The number of carbonyl (C=O) groups excluding carboxylic acids is 1. The monoisotopic (exact) mass is 482 g/mol. The molecule has 0 aliphatic heterocycles. The van der Waals surface area contributed by atoms with Crippen molar-refractivity contribution in [2.45, 2.75) is 20.5 Å². The van der Waals surface area contributed by atoms with Crippen LogP contribution in [0.5, 0.6) is 17.4 Å². The number of nitriles is 1. The molecule has 2 heterocycles. The van der Waals surface area contributed by atoms with Gasteiger partial charge in [-0.3, -0.25) is 4.79 Å². The van der Waals surface area contributed by atoms with Crippen LogP contribution >= 0.6 is 11.3 Å². The lowest BCUT2D eigenvalue weighted by atomic mass is 10.1. The minimum atomic E-state index is -0.275. The summed E-state index contributed by atoms with van der Waals surface area (Å²) in [5.41, 5.74) is 3.47. The van der Waals surface area contributed by atoms with Gasteiger partial charge in [-0.2, -0.15) is 5.26 Å². The lowest BCUT2D eigenvalue weighted by molar-refractivity contribution is -0.111. The lowest BCUT2D eigenvalue weighted by Crippen LogP contribution is -2.09. The Morgan fingerprint density at radius 1 is 1.17 bits per heavy atom. The Kier molecular flexibility index (Phi) is 7.50. The molecule has 0 spiro atoms. The lowest BCUT2D eigenvalue weighted by Gasteiger charge is -2.10. The van der Waals surface area contributed by atoms with Crippen molar-refractivity contribution in [3.8, 4) is 23.4 Å². The van der Waals surface area contributed by atoms with Crippen LogP contribution in [0.25, 0.3) is 6.08 Å². The standard InChI is InChI=1S/C27H22N4O3S/c1-18-14-23(34-27-21(15-28)7-5-13-29-27)10-11-24(18)31-26(32)12-9-20-6-3-4-8-25(20)33-16-22-17-35-19(2)30-22/h3-14,17H,16H2,1-2H3,(H,31,32)/b12-9+. The van der Waals surface area contributed by atoms with Gasteiger partial charge in [-0.1, -0.05) is 18.2 Å². The van der Waals surface area contributed by atoms with Crippen LogP contribution in [0.4, 0.5) is 5.69 Å². The van der Waals surface area contributed by atoms with E-state index in [2.05, 4.69) is 21.4 Å².